The number of amidine groups is 1. The van der Waals surface area contributed by atoms with Gasteiger partial charge in [-0.3, -0.25) is 0 Å². The van der Waals surface area contributed by atoms with E-state index < -0.39 is 5.82 Å². The number of benzene rings is 2. The Hall–Kier alpha value is -2.40. The van der Waals surface area contributed by atoms with Crippen molar-refractivity contribution in [1.29, 1.82) is 0 Å². The molecule has 0 saturated heterocycles. The number of hydrogen-bond acceptors (Lipinski definition) is 4. The van der Waals surface area contributed by atoms with Crippen LogP contribution in [0.15, 0.2) is 46.5 Å². The Morgan fingerprint density at radius 2 is 2.18 bits per heavy atom. The van der Waals surface area contributed by atoms with Gasteiger partial charge < -0.3 is 10.9 Å². The lowest BCUT2D eigenvalue weighted by Crippen LogP contribution is -2.14. The molecule has 3 N–H and O–H groups in total. The maximum Gasteiger partial charge on any atom is 0.126 e. The summed E-state index contributed by atoms with van der Waals surface area (Å²) in [6.45, 7) is 0. The molecule has 112 valence electrons. The second kappa shape index (κ2) is 5.77. The van der Waals surface area contributed by atoms with Gasteiger partial charge >= 0.3 is 0 Å². The molecule has 22 heavy (non-hydrogen) atoms. The van der Waals surface area contributed by atoms with Crippen LogP contribution in [0, 0.1) is 5.82 Å². The summed E-state index contributed by atoms with van der Waals surface area (Å²) in [5, 5.41) is 13.3. The van der Waals surface area contributed by atoms with Crippen molar-refractivity contribution in [3.8, 4) is 0 Å². The molecule has 0 radical (unpaired) electrons. The van der Waals surface area contributed by atoms with Crippen molar-refractivity contribution in [2.45, 2.75) is 12.8 Å². The van der Waals surface area contributed by atoms with Crippen LogP contribution in [0.25, 0.3) is 0 Å². The molecule has 0 spiro atoms. The third-order valence-electron chi connectivity index (χ3n) is 3.51. The molecule has 0 amide bonds. The van der Waals surface area contributed by atoms with E-state index in [0.717, 1.165) is 11.1 Å². The van der Waals surface area contributed by atoms with Crippen molar-refractivity contribution in [3.63, 3.8) is 0 Å². The number of rotatable bonds is 3. The van der Waals surface area contributed by atoms with Gasteiger partial charge in [-0.25, -0.2) is 9.38 Å². The highest BCUT2D eigenvalue weighted by Gasteiger charge is 2.21. The van der Waals surface area contributed by atoms with E-state index in [1.54, 1.807) is 12.1 Å². The minimum Gasteiger partial charge on any atom is -0.411 e. The molecule has 4 nitrogen and oxygen atoms in total. The maximum atomic E-state index is 13.8. The largest absolute Gasteiger partial charge is 0.411 e. The topological polar surface area (TPSA) is 71.0 Å². The first-order valence-corrected chi connectivity index (χ1v) is 7.06. The monoisotopic (exact) mass is 317 g/mol. The smallest absolute Gasteiger partial charge is 0.126 e. The van der Waals surface area contributed by atoms with E-state index in [-0.39, 0.29) is 0 Å². The van der Waals surface area contributed by atoms with Crippen molar-refractivity contribution in [3.05, 3.63) is 63.9 Å². The molecule has 1 aliphatic rings. The lowest BCUT2D eigenvalue weighted by molar-refractivity contribution is 0.318. The molecule has 0 aliphatic carbocycles. The van der Waals surface area contributed by atoms with E-state index in [4.69, 9.17) is 17.3 Å². The normalized spacial score (nSPS) is 13.9. The third kappa shape index (κ3) is 2.80. The van der Waals surface area contributed by atoms with Crippen LogP contribution in [-0.2, 0) is 12.8 Å². The molecule has 3 rings (SSSR count). The zero-order valence-corrected chi connectivity index (χ0v) is 12.3. The number of nitrogens with two attached hydrogens (primary N) is 1. The average Bonchev–Trinajstić information content (AvgIpc) is 2.84. The number of hydrogen-bond donors (Lipinski definition) is 2. The fourth-order valence-electron chi connectivity index (χ4n) is 2.57. The summed E-state index contributed by atoms with van der Waals surface area (Å²) in [5.74, 6) is -0.0265. The molecule has 0 bridgehead atoms. The van der Waals surface area contributed by atoms with Crippen molar-refractivity contribution in [1.82, 2.24) is 0 Å². The predicted molar refractivity (Wildman–Crippen MR) is 84.9 cm³/mol. The summed E-state index contributed by atoms with van der Waals surface area (Å²) in [7, 11) is 0. The lowest BCUT2D eigenvalue weighted by atomic mass is 9.95. The van der Waals surface area contributed by atoms with E-state index in [1.165, 1.54) is 12.1 Å². The fourth-order valence-corrected chi connectivity index (χ4v) is 2.78. The SMILES string of the molecule is NC1=Nc2cc(F)cc(/C(Cc3cccc(Cl)c3)=N/O)c2C1. The lowest BCUT2D eigenvalue weighted by Gasteiger charge is -2.10. The molecule has 2 aromatic carbocycles. The second-order valence-electron chi connectivity index (χ2n) is 5.08. The first kappa shape index (κ1) is 14.5. The summed E-state index contributed by atoms with van der Waals surface area (Å²) >= 11 is 5.96. The highest BCUT2D eigenvalue weighted by atomic mass is 35.5. The highest BCUT2D eigenvalue weighted by molar-refractivity contribution is 6.30. The molecule has 0 saturated carbocycles. The van der Waals surface area contributed by atoms with Gasteiger partial charge in [0.25, 0.3) is 0 Å². The molecule has 0 atom stereocenters. The van der Waals surface area contributed by atoms with Gasteiger partial charge in [0.1, 0.15) is 11.7 Å². The van der Waals surface area contributed by atoms with E-state index in [0.29, 0.717) is 40.7 Å². The van der Waals surface area contributed by atoms with Crippen LogP contribution in [0.5, 0.6) is 0 Å². The first-order chi connectivity index (χ1) is 10.6. The van der Waals surface area contributed by atoms with Crippen molar-refractivity contribution >= 4 is 28.8 Å². The van der Waals surface area contributed by atoms with Gasteiger partial charge in [-0.15, -0.1) is 0 Å². The molecule has 6 heteroatoms. The summed E-state index contributed by atoms with van der Waals surface area (Å²) in [6, 6.07) is 9.87. The number of aliphatic imine (C=N–C) groups is 1. The van der Waals surface area contributed by atoms with Crippen LogP contribution in [0.3, 0.4) is 0 Å². The minimum absolute atomic E-state index is 0.326. The second-order valence-corrected chi connectivity index (χ2v) is 5.52. The van der Waals surface area contributed by atoms with Crippen LogP contribution >= 0.6 is 11.6 Å². The van der Waals surface area contributed by atoms with Crippen molar-refractivity contribution in [2.24, 2.45) is 15.9 Å². The summed E-state index contributed by atoms with van der Waals surface area (Å²) in [4.78, 5) is 4.11. The minimum atomic E-state index is -0.445. The van der Waals surface area contributed by atoms with E-state index in [1.807, 2.05) is 12.1 Å². The summed E-state index contributed by atoms with van der Waals surface area (Å²) in [6.07, 6.45) is 0.742. The molecule has 1 aliphatic heterocycles. The number of fused-ring (bicyclic) bond motifs is 1. The van der Waals surface area contributed by atoms with Crippen LogP contribution in [-0.4, -0.2) is 16.8 Å². The Morgan fingerprint density at radius 1 is 1.36 bits per heavy atom. The highest BCUT2D eigenvalue weighted by Crippen LogP contribution is 2.31. The standard InChI is InChI=1S/C16H13ClFN3O/c17-10-3-1-2-9(4-10)5-15(21-22)12-6-11(18)7-14-13(12)8-16(19)20-14/h1-4,6-7,22H,5,8H2,(H2,19,20)/b21-15+. The Balaban J connectivity index is 2.00. The van der Waals surface area contributed by atoms with E-state index >= 15 is 0 Å². The quantitative estimate of drug-likeness (QED) is 0.517. The van der Waals surface area contributed by atoms with Gasteiger partial charge in [0.15, 0.2) is 0 Å². The van der Waals surface area contributed by atoms with Gasteiger partial charge in [0.05, 0.1) is 11.4 Å². The van der Waals surface area contributed by atoms with E-state index in [2.05, 4.69) is 10.1 Å². The van der Waals surface area contributed by atoms with Gasteiger partial charge in [0, 0.05) is 23.4 Å². The zero-order valence-electron chi connectivity index (χ0n) is 11.6. The van der Waals surface area contributed by atoms with Crippen LogP contribution in [0.4, 0.5) is 10.1 Å². The molecule has 0 unspecified atom stereocenters. The number of nitrogens with zero attached hydrogens (tertiary/aromatic N) is 2. The Bertz CT molecular complexity index is 802. The van der Waals surface area contributed by atoms with Gasteiger partial charge in [-0.05, 0) is 35.4 Å². The first-order valence-electron chi connectivity index (χ1n) is 6.68. The fraction of sp³-hybridized carbons (Fsp3) is 0.125. The van der Waals surface area contributed by atoms with Crippen LogP contribution in [0.2, 0.25) is 5.02 Å². The predicted octanol–water partition coefficient (Wildman–Crippen LogP) is 3.44. The Morgan fingerprint density at radius 3 is 2.91 bits per heavy atom. The third-order valence-corrected chi connectivity index (χ3v) is 3.74. The maximum absolute atomic E-state index is 13.8. The average molecular weight is 318 g/mol. The molecule has 0 fully saturated rings. The zero-order chi connectivity index (χ0) is 15.7. The summed E-state index contributed by atoms with van der Waals surface area (Å²) < 4.78 is 13.8. The Labute approximate surface area is 131 Å². The Kier molecular flexibility index (Phi) is 3.81. The van der Waals surface area contributed by atoms with Gasteiger partial charge in [0.2, 0.25) is 0 Å². The van der Waals surface area contributed by atoms with Gasteiger partial charge in [-0.2, -0.15) is 0 Å². The summed E-state index contributed by atoms with van der Waals surface area (Å²) in [5.41, 5.74) is 8.71. The van der Waals surface area contributed by atoms with Crippen LogP contribution in [0.1, 0.15) is 16.7 Å². The van der Waals surface area contributed by atoms with E-state index in [9.17, 15) is 9.60 Å². The molecular formula is C16H13ClFN3O. The molecule has 1 heterocycles. The number of halogens is 2. The number of oxime groups is 1. The molecular weight excluding hydrogens is 305 g/mol. The van der Waals surface area contributed by atoms with Crippen molar-refractivity contribution in [2.75, 3.05) is 0 Å². The van der Waals surface area contributed by atoms with Crippen LogP contribution < -0.4 is 5.73 Å². The molecule has 0 aromatic heterocycles. The van der Waals surface area contributed by atoms with Gasteiger partial charge in [-0.1, -0.05) is 28.9 Å². The molecule has 2 aromatic rings. The van der Waals surface area contributed by atoms with Crippen molar-refractivity contribution < 1.29 is 9.60 Å².